The van der Waals surface area contributed by atoms with E-state index in [1.54, 1.807) is 6.26 Å². The largest absolute Gasteiger partial charge is 0.472 e. The Labute approximate surface area is 104 Å². The lowest BCUT2D eigenvalue weighted by molar-refractivity contribution is 0.320. The first-order valence-corrected chi connectivity index (χ1v) is 6.42. The van der Waals surface area contributed by atoms with E-state index in [4.69, 9.17) is 9.15 Å². The minimum absolute atomic E-state index is 0.136. The molecule has 17 heavy (non-hydrogen) atoms. The van der Waals surface area contributed by atoms with Crippen LogP contribution in [0, 0.1) is 0 Å². The van der Waals surface area contributed by atoms with Crippen molar-refractivity contribution in [3.63, 3.8) is 0 Å². The van der Waals surface area contributed by atoms with E-state index in [0.717, 1.165) is 25.7 Å². The van der Waals surface area contributed by atoms with Gasteiger partial charge in [-0.25, -0.2) is 0 Å². The first-order chi connectivity index (χ1) is 8.08. The summed E-state index contributed by atoms with van der Waals surface area (Å²) < 4.78 is 10.6. The Morgan fingerprint density at radius 2 is 2.24 bits per heavy atom. The van der Waals surface area contributed by atoms with Gasteiger partial charge in [-0.3, -0.25) is 0 Å². The van der Waals surface area contributed by atoms with Gasteiger partial charge in [-0.1, -0.05) is 11.6 Å². The van der Waals surface area contributed by atoms with Crippen molar-refractivity contribution in [2.45, 2.75) is 58.2 Å². The van der Waals surface area contributed by atoms with Gasteiger partial charge in [-0.05, 0) is 58.1 Å². The minimum Gasteiger partial charge on any atom is -0.472 e. The summed E-state index contributed by atoms with van der Waals surface area (Å²) in [7, 11) is 0. The summed E-state index contributed by atoms with van der Waals surface area (Å²) in [5.41, 5.74) is 2.89. The van der Waals surface area contributed by atoms with E-state index in [1.165, 1.54) is 11.1 Å². The van der Waals surface area contributed by atoms with Crippen LogP contribution in [0.15, 0.2) is 34.7 Å². The van der Waals surface area contributed by atoms with Crippen LogP contribution >= 0.6 is 0 Å². The summed E-state index contributed by atoms with van der Waals surface area (Å²) in [5, 5.41) is 0. The average molecular weight is 234 g/mol. The third kappa shape index (κ3) is 3.74. The van der Waals surface area contributed by atoms with Gasteiger partial charge in [0.15, 0.2) is 0 Å². The van der Waals surface area contributed by atoms with Crippen LogP contribution in [0.4, 0.5) is 0 Å². The zero-order valence-corrected chi connectivity index (χ0v) is 11.0. The first kappa shape index (κ1) is 12.4. The van der Waals surface area contributed by atoms with Crippen molar-refractivity contribution in [3.8, 4) is 0 Å². The maximum absolute atomic E-state index is 5.58. The number of furan rings is 1. The van der Waals surface area contributed by atoms with Gasteiger partial charge < -0.3 is 9.15 Å². The molecular formula is C15H22O2. The quantitative estimate of drug-likeness (QED) is 0.546. The monoisotopic (exact) mass is 234 g/mol. The van der Waals surface area contributed by atoms with Gasteiger partial charge in [0.1, 0.15) is 0 Å². The number of hydrogen-bond acceptors (Lipinski definition) is 2. The van der Waals surface area contributed by atoms with Crippen LogP contribution in [-0.4, -0.2) is 11.7 Å². The van der Waals surface area contributed by atoms with Gasteiger partial charge >= 0.3 is 0 Å². The smallest absolute Gasteiger partial charge is 0.0934 e. The Morgan fingerprint density at radius 1 is 1.47 bits per heavy atom. The minimum atomic E-state index is 0.136. The first-order valence-electron chi connectivity index (χ1n) is 6.42. The summed E-state index contributed by atoms with van der Waals surface area (Å²) in [6, 6.07) is 2.03. The molecule has 0 saturated carbocycles. The predicted octanol–water partition coefficient (Wildman–Crippen LogP) is 4.12. The summed E-state index contributed by atoms with van der Waals surface area (Å²) in [5.74, 6) is 0. The number of allylic oxidation sites excluding steroid dienone is 2. The molecule has 1 aromatic heterocycles. The highest BCUT2D eigenvalue weighted by Gasteiger charge is 2.46. The highest BCUT2D eigenvalue weighted by atomic mass is 16.6. The second kappa shape index (κ2) is 5.09. The van der Waals surface area contributed by atoms with E-state index >= 15 is 0 Å². The van der Waals surface area contributed by atoms with E-state index in [-0.39, 0.29) is 5.60 Å². The molecular weight excluding hydrogens is 212 g/mol. The molecule has 2 nitrogen and oxygen atoms in total. The Morgan fingerprint density at radius 3 is 2.82 bits per heavy atom. The van der Waals surface area contributed by atoms with Gasteiger partial charge in [0, 0.05) is 0 Å². The molecule has 94 valence electrons. The Kier molecular flexibility index (Phi) is 3.72. The van der Waals surface area contributed by atoms with E-state index < -0.39 is 0 Å². The van der Waals surface area contributed by atoms with Crippen LogP contribution in [0.1, 0.15) is 45.6 Å². The molecule has 2 heteroatoms. The molecule has 0 aromatic carbocycles. The van der Waals surface area contributed by atoms with E-state index in [2.05, 4.69) is 26.8 Å². The molecule has 1 aliphatic heterocycles. The van der Waals surface area contributed by atoms with Gasteiger partial charge in [0.05, 0.1) is 24.2 Å². The highest BCUT2D eigenvalue weighted by molar-refractivity contribution is 5.08. The summed E-state index contributed by atoms with van der Waals surface area (Å²) in [6.45, 7) is 6.54. The summed E-state index contributed by atoms with van der Waals surface area (Å²) >= 11 is 0. The number of hydrogen-bond donors (Lipinski definition) is 0. The Balaban J connectivity index is 1.64. The van der Waals surface area contributed by atoms with Crippen molar-refractivity contribution >= 4 is 0 Å². The zero-order chi connectivity index (χ0) is 12.3. The SMILES string of the molecule is C/C(=C\CCc1ccoc1)CC[C@@H]1OC1(C)C. The topological polar surface area (TPSA) is 25.7 Å². The molecule has 2 rings (SSSR count). The molecule has 1 atom stereocenters. The Bertz CT molecular complexity index is 374. The fraction of sp³-hybridized carbons (Fsp3) is 0.600. The average Bonchev–Trinajstić information content (AvgIpc) is 2.67. The lowest BCUT2D eigenvalue weighted by Gasteiger charge is -2.00. The highest BCUT2D eigenvalue weighted by Crippen LogP contribution is 2.38. The van der Waals surface area contributed by atoms with Gasteiger partial charge in [-0.15, -0.1) is 0 Å². The van der Waals surface area contributed by atoms with Crippen molar-refractivity contribution in [3.05, 3.63) is 35.8 Å². The van der Waals surface area contributed by atoms with Crippen molar-refractivity contribution in [2.75, 3.05) is 0 Å². The fourth-order valence-electron chi connectivity index (χ4n) is 2.12. The molecule has 1 fully saturated rings. The van der Waals surface area contributed by atoms with Crippen LogP contribution in [0.3, 0.4) is 0 Å². The fourth-order valence-corrected chi connectivity index (χ4v) is 2.12. The molecule has 0 N–H and O–H groups in total. The number of epoxide rings is 1. The molecule has 1 aromatic rings. The van der Waals surface area contributed by atoms with Crippen molar-refractivity contribution in [1.29, 1.82) is 0 Å². The van der Waals surface area contributed by atoms with Crippen LogP contribution in [-0.2, 0) is 11.2 Å². The second-order valence-corrected chi connectivity index (χ2v) is 5.47. The molecule has 0 spiro atoms. The van der Waals surface area contributed by atoms with Crippen LogP contribution in [0.25, 0.3) is 0 Å². The lowest BCUT2D eigenvalue weighted by atomic mass is 10.0. The molecule has 0 radical (unpaired) electrons. The van der Waals surface area contributed by atoms with Crippen molar-refractivity contribution in [2.24, 2.45) is 0 Å². The van der Waals surface area contributed by atoms with Gasteiger partial charge in [0.25, 0.3) is 0 Å². The summed E-state index contributed by atoms with van der Waals surface area (Å²) in [4.78, 5) is 0. The molecule has 0 aliphatic carbocycles. The van der Waals surface area contributed by atoms with Crippen LogP contribution < -0.4 is 0 Å². The van der Waals surface area contributed by atoms with Gasteiger partial charge in [-0.2, -0.15) is 0 Å². The van der Waals surface area contributed by atoms with Crippen molar-refractivity contribution < 1.29 is 9.15 Å². The molecule has 1 saturated heterocycles. The van der Waals surface area contributed by atoms with E-state index in [1.807, 2.05) is 12.3 Å². The lowest BCUT2D eigenvalue weighted by Crippen LogP contribution is -2.02. The number of aryl methyl sites for hydroxylation is 1. The van der Waals surface area contributed by atoms with Crippen LogP contribution in [0.2, 0.25) is 0 Å². The number of rotatable bonds is 6. The second-order valence-electron chi connectivity index (χ2n) is 5.47. The molecule has 1 aliphatic rings. The zero-order valence-electron chi connectivity index (χ0n) is 11.0. The molecule has 0 amide bonds. The van der Waals surface area contributed by atoms with E-state index in [9.17, 15) is 0 Å². The van der Waals surface area contributed by atoms with E-state index in [0.29, 0.717) is 6.10 Å². The molecule has 0 bridgehead atoms. The van der Waals surface area contributed by atoms with Crippen molar-refractivity contribution in [1.82, 2.24) is 0 Å². The maximum atomic E-state index is 5.58. The predicted molar refractivity (Wildman–Crippen MR) is 69.0 cm³/mol. The molecule has 2 heterocycles. The van der Waals surface area contributed by atoms with Gasteiger partial charge in [0.2, 0.25) is 0 Å². The summed E-state index contributed by atoms with van der Waals surface area (Å²) in [6.07, 6.45) is 10.8. The van der Waals surface area contributed by atoms with Crippen LogP contribution in [0.5, 0.6) is 0 Å². The third-order valence-electron chi connectivity index (χ3n) is 3.47. The molecule has 0 unspecified atom stereocenters. The normalized spacial score (nSPS) is 22.8. The third-order valence-corrected chi connectivity index (χ3v) is 3.47. The Hall–Kier alpha value is -1.02. The standard InChI is InChI=1S/C15H22O2/c1-12(7-8-14-15(2,3)17-14)5-4-6-13-9-10-16-11-13/h5,9-11,14H,4,6-8H2,1-3H3/b12-5+/t14-/m0/s1. The maximum Gasteiger partial charge on any atom is 0.0934 e. The number of ether oxygens (including phenoxy) is 1.